The fourth-order valence-corrected chi connectivity index (χ4v) is 3.16. The van der Waals surface area contributed by atoms with E-state index in [0.29, 0.717) is 5.41 Å². The second kappa shape index (κ2) is 5.31. The van der Waals surface area contributed by atoms with E-state index < -0.39 is 0 Å². The minimum absolute atomic E-state index is 0.500. The Balaban J connectivity index is 2.11. The zero-order valence-electron chi connectivity index (χ0n) is 12.2. The van der Waals surface area contributed by atoms with Gasteiger partial charge in [-0.25, -0.2) is 0 Å². The van der Waals surface area contributed by atoms with Crippen LogP contribution in [0.4, 0.5) is 5.69 Å². The number of benzene rings is 1. The largest absolute Gasteiger partial charge is 0.374 e. The topological polar surface area (TPSA) is 15.3 Å². The molecule has 1 aromatic carbocycles. The summed E-state index contributed by atoms with van der Waals surface area (Å²) in [5.74, 6) is 0. The standard InChI is InChI=1S/C16H26N2/c1-13-6-7-14(2)15(10-13)18(4)12-16(11-17-3)8-5-9-16/h6-7,10,17H,5,8-9,11-12H2,1-4H3. The fraction of sp³-hybridized carbons (Fsp3) is 0.625. The van der Waals surface area contributed by atoms with Crippen molar-refractivity contribution in [2.75, 3.05) is 32.1 Å². The van der Waals surface area contributed by atoms with Gasteiger partial charge in [0.05, 0.1) is 0 Å². The van der Waals surface area contributed by atoms with Gasteiger partial charge in [0.2, 0.25) is 0 Å². The second-order valence-corrected chi connectivity index (χ2v) is 6.03. The Morgan fingerprint density at radius 2 is 2.00 bits per heavy atom. The van der Waals surface area contributed by atoms with Crippen LogP contribution >= 0.6 is 0 Å². The molecule has 1 fully saturated rings. The van der Waals surface area contributed by atoms with Gasteiger partial charge in [-0.2, -0.15) is 0 Å². The summed E-state index contributed by atoms with van der Waals surface area (Å²) >= 11 is 0. The number of anilines is 1. The average Bonchev–Trinajstić information content (AvgIpc) is 2.29. The van der Waals surface area contributed by atoms with Crippen molar-refractivity contribution in [1.29, 1.82) is 0 Å². The summed E-state index contributed by atoms with van der Waals surface area (Å²) in [6, 6.07) is 6.73. The lowest BCUT2D eigenvalue weighted by Gasteiger charge is -2.45. The Labute approximate surface area is 111 Å². The van der Waals surface area contributed by atoms with Gasteiger partial charge in [0.1, 0.15) is 0 Å². The SMILES string of the molecule is CNCC1(CN(C)c2cc(C)ccc2C)CCC1. The highest BCUT2D eigenvalue weighted by Gasteiger charge is 2.37. The van der Waals surface area contributed by atoms with Gasteiger partial charge in [-0.3, -0.25) is 0 Å². The molecule has 18 heavy (non-hydrogen) atoms. The van der Waals surface area contributed by atoms with Gasteiger partial charge in [-0.15, -0.1) is 0 Å². The zero-order chi connectivity index (χ0) is 13.2. The molecule has 0 radical (unpaired) electrons. The molecule has 0 aromatic heterocycles. The molecule has 0 atom stereocenters. The van der Waals surface area contributed by atoms with Gasteiger partial charge in [-0.1, -0.05) is 18.6 Å². The summed E-state index contributed by atoms with van der Waals surface area (Å²) in [6.45, 7) is 6.68. The van der Waals surface area contributed by atoms with Crippen molar-refractivity contribution in [3.8, 4) is 0 Å². The molecule has 100 valence electrons. The molecule has 1 aromatic rings. The number of hydrogen-bond acceptors (Lipinski definition) is 2. The number of aryl methyl sites for hydroxylation is 2. The van der Waals surface area contributed by atoms with Crippen molar-refractivity contribution in [3.05, 3.63) is 29.3 Å². The van der Waals surface area contributed by atoms with Crippen LogP contribution in [0.2, 0.25) is 0 Å². The molecule has 1 aliphatic rings. The van der Waals surface area contributed by atoms with E-state index in [1.54, 1.807) is 0 Å². The Kier molecular flexibility index (Phi) is 3.96. The van der Waals surface area contributed by atoms with Crippen LogP contribution in [0.15, 0.2) is 18.2 Å². The molecule has 1 aliphatic carbocycles. The predicted molar refractivity (Wildman–Crippen MR) is 79.4 cm³/mol. The van der Waals surface area contributed by atoms with Crippen molar-refractivity contribution in [2.45, 2.75) is 33.1 Å². The van der Waals surface area contributed by atoms with Gasteiger partial charge in [0.15, 0.2) is 0 Å². The molecule has 1 N–H and O–H groups in total. The normalized spacial score (nSPS) is 17.3. The van der Waals surface area contributed by atoms with E-state index >= 15 is 0 Å². The molecular weight excluding hydrogens is 220 g/mol. The highest BCUT2D eigenvalue weighted by Crippen LogP contribution is 2.41. The Morgan fingerprint density at radius 3 is 2.56 bits per heavy atom. The minimum atomic E-state index is 0.500. The molecule has 0 heterocycles. The third-order valence-corrected chi connectivity index (χ3v) is 4.31. The molecule has 0 saturated heterocycles. The minimum Gasteiger partial charge on any atom is -0.374 e. The lowest BCUT2D eigenvalue weighted by Crippen LogP contribution is -2.47. The molecule has 0 unspecified atom stereocenters. The van der Waals surface area contributed by atoms with Crippen LogP contribution < -0.4 is 10.2 Å². The fourth-order valence-electron chi connectivity index (χ4n) is 3.16. The summed E-state index contributed by atoms with van der Waals surface area (Å²) in [7, 11) is 4.30. The molecule has 0 spiro atoms. The molecule has 0 amide bonds. The average molecular weight is 246 g/mol. The number of nitrogens with zero attached hydrogens (tertiary/aromatic N) is 1. The van der Waals surface area contributed by atoms with Crippen LogP contribution in [-0.4, -0.2) is 27.2 Å². The van der Waals surface area contributed by atoms with E-state index in [1.165, 1.54) is 36.1 Å². The van der Waals surface area contributed by atoms with Crippen LogP contribution in [0.1, 0.15) is 30.4 Å². The van der Waals surface area contributed by atoms with Crippen molar-refractivity contribution < 1.29 is 0 Å². The van der Waals surface area contributed by atoms with Gasteiger partial charge in [0, 0.05) is 31.2 Å². The first-order valence-electron chi connectivity index (χ1n) is 6.99. The van der Waals surface area contributed by atoms with E-state index in [-0.39, 0.29) is 0 Å². The number of rotatable bonds is 5. The van der Waals surface area contributed by atoms with Crippen LogP contribution in [0.3, 0.4) is 0 Å². The van der Waals surface area contributed by atoms with Gasteiger partial charge in [-0.05, 0) is 50.9 Å². The lowest BCUT2D eigenvalue weighted by molar-refractivity contribution is 0.143. The maximum Gasteiger partial charge on any atom is 0.0396 e. The molecular formula is C16H26N2. The summed E-state index contributed by atoms with van der Waals surface area (Å²) in [4.78, 5) is 2.44. The summed E-state index contributed by atoms with van der Waals surface area (Å²) in [6.07, 6.45) is 4.12. The maximum absolute atomic E-state index is 3.37. The molecule has 2 rings (SSSR count). The maximum atomic E-state index is 3.37. The van der Waals surface area contributed by atoms with E-state index in [1.807, 2.05) is 0 Å². The first-order chi connectivity index (χ1) is 8.56. The van der Waals surface area contributed by atoms with Crippen molar-refractivity contribution in [1.82, 2.24) is 5.32 Å². The van der Waals surface area contributed by atoms with Crippen LogP contribution in [0.5, 0.6) is 0 Å². The molecule has 0 bridgehead atoms. The van der Waals surface area contributed by atoms with E-state index in [2.05, 4.69) is 56.4 Å². The molecule has 2 nitrogen and oxygen atoms in total. The van der Waals surface area contributed by atoms with Crippen molar-refractivity contribution >= 4 is 5.69 Å². The first kappa shape index (κ1) is 13.4. The van der Waals surface area contributed by atoms with Crippen molar-refractivity contribution in [3.63, 3.8) is 0 Å². The predicted octanol–water partition coefficient (Wildman–Crippen LogP) is 3.13. The van der Waals surface area contributed by atoms with E-state index in [9.17, 15) is 0 Å². The number of nitrogens with one attached hydrogen (secondary N) is 1. The summed E-state index contributed by atoms with van der Waals surface area (Å²) in [5, 5.41) is 3.37. The van der Waals surface area contributed by atoms with Crippen LogP contribution in [0.25, 0.3) is 0 Å². The van der Waals surface area contributed by atoms with Gasteiger partial charge < -0.3 is 10.2 Å². The number of hydrogen-bond donors (Lipinski definition) is 1. The monoisotopic (exact) mass is 246 g/mol. The Hall–Kier alpha value is -1.02. The first-order valence-corrected chi connectivity index (χ1v) is 6.99. The third kappa shape index (κ3) is 2.69. The van der Waals surface area contributed by atoms with E-state index in [0.717, 1.165) is 13.1 Å². The summed E-state index contributed by atoms with van der Waals surface area (Å²) < 4.78 is 0. The highest BCUT2D eigenvalue weighted by atomic mass is 15.1. The summed E-state index contributed by atoms with van der Waals surface area (Å²) in [5.41, 5.74) is 4.61. The smallest absolute Gasteiger partial charge is 0.0396 e. The van der Waals surface area contributed by atoms with Crippen LogP contribution in [0, 0.1) is 19.3 Å². The van der Waals surface area contributed by atoms with Gasteiger partial charge in [0.25, 0.3) is 0 Å². The lowest BCUT2D eigenvalue weighted by atomic mass is 9.68. The Morgan fingerprint density at radius 1 is 1.28 bits per heavy atom. The second-order valence-electron chi connectivity index (χ2n) is 6.03. The molecule has 1 saturated carbocycles. The van der Waals surface area contributed by atoms with E-state index in [4.69, 9.17) is 0 Å². The van der Waals surface area contributed by atoms with Crippen molar-refractivity contribution in [2.24, 2.45) is 5.41 Å². The Bertz CT molecular complexity index is 408. The third-order valence-electron chi connectivity index (χ3n) is 4.31. The highest BCUT2D eigenvalue weighted by molar-refractivity contribution is 5.54. The van der Waals surface area contributed by atoms with Gasteiger partial charge >= 0.3 is 0 Å². The quantitative estimate of drug-likeness (QED) is 0.858. The zero-order valence-corrected chi connectivity index (χ0v) is 12.2. The molecule has 2 heteroatoms. The van der Waals surface area contributed by atoms with Crippen LogP contribution in [-0.2, 0) is 0 Å². The molecule has 0 aliphatic heterocycles.